The fourth-order valence-corrected chi connectivity index (χ4v) is 3.29. The molecule has 0 radical (unpaired) electrons. The molecule has 23 heavy (non-hydrogen) atoms. The summed E-state index contributed by atoms with van der Waals surface area (Å²) in [6.07, 6.45) is 2.20. The van der Waals surface area contributed by atoms with Gasteiger partial charge in [0.2, 0.25) is 10.0 Å². The zero-order valence-electron chi connectivity index (χ0n) is 13.6. The Labute approximate surface area is 136 Å². The highest BCUT2D eigenvalue weighted by atomic mass is 32.2. The van der Waals surface area contributed by atoms with Crippen LogP contribution in [0.5, 0.6) is 5.75 Å². The Morgan fingerprint density at radius 1 is 1.43 bits per heavy atom. The lowest BCUT2D eigenvalue weighted by Gasteiger charge is -2.16. The summed E-state index contributed by atoms with van der Waals surface area (Å²) >= 11 is 0. The second-order valence-corrected chi connectivity index (χ2v) is 7.98. The SMILES string of the molecule is COc1ccc(C(=O)NCC(N)C2CC2)cc1S(=O)(=O)N(C)C. The zero-order valence-corrected chi connectivity index (χ0v) is 14.4. The van der Waals surface area contributed by atoms with Crippen LogP contribution in [0.3, 0.4) is 0 Å². The van der Waals surface area contributed by atoms with Crippen LogP contribution in [0.25, 0.3) is 0 Å². The molecule has 1 atom stereocenters. The number of rotatable bonds is 7. The fraction of sp³-hybridized carbons (Fsp3) is 0.533. The molecule has 7 nitrogen and oxygen atoms in total. The number of methoxy groups -OCH3 is 1. The highest BCUT2D eigenvalue weighted by Crippen LogP contribution is 2.31. The van der Waals surface area contributed by atoms with Gasteiger partial charge in [-0.05, 0) is 37.0 Å². The van der Waals surface area contributed by atoms with E-state index in [1.54, 1.807) is 0 Å². The zero-order chi connectivity index (χ0) is 17.2. The minimum absolute atomic E-state index is 0.0378. The number of carbonyl (C=O) groups excluding carboxylic acids is 1. The molecule has 1 amide bonds. The van der Waals surface area contributed by atoms with E-state index in [1.807, 2.05) is 0 Å². The summed E-state index contributed by atoms with van der Waals surface area (Å²) < 4.78 is 30.9. The van der Waals surface area contributed by atoms with Gasteiger partial charge in [-0.1, -0.05) is 0 Å². The molecule has 1 saturated carbocycles. The van der Waals surface area contributed by atoms with Crippen molar-refractivity contribution in [2.75, 3.05) is 27.7 Å². The maximum Gasteiger partial charge on any atom is 0.251 e. The summed E-state index contributed by atoms with van der Waals surface area (Å²) in [5.41, 5.74) is 6.21. The summed E-state index contributed by atoms with van der Waals surface area (Å²) in [6, 6.07) is 4.28. The van der Waals surface area contributed by atoms with E-state index in [-0.39, 0.29) is 28.2 Å². The van der Waals surface area contributed by atoms with E-state index in [2.05, 4.69) is 5.32 Å². The number of hydrogen-bond acceptors (Lipinski definition) is 5. The van der Waals surface area contributed by atoms with Crippen LogP contribution in [0.15, 0.2) is 23.1 Å². The van der Waals surface area contributed by atoms with Gasteiger partial charge in [0.1, 0.15) is 10.6 Å². The van der Waals surface area contributed by atoms with Crippen LogP contribution in [0, 0.1) is 5.92 Å². The molecule has 0 heterocycles. The normalized spacial score (nSPS) is 16.2. The second kappa shape index (κ2) is 6.86. The molecule has 1 aliphatic rings. The topological polar surface area (TPSA) is 102 Å². The minimum Gasteiger partial charge on any atom is -0.495 e. The Morgan fingerprint density at radius 2 is 2.09 bits per heavy atom. The molecule has 1 fully saturated rings. The molecule has 8 heteroatoms. The van der Waals surface area contributed by atoms with E-state index in [0.717, 1.165) is 17.1 Å². The highest BCUT2D eigenvalue weighted by molar-refractivity contribution is 7.89. The van der Waals surface area contributed by atoms with Crippen molar-refractivity contribution in [3.63, 3.8) is 0 Å². The van der Waals surface area contributed by atoms with E-state index >= 15 is 0 Å². The van der Waals surface area contributed by atoms with Crippen molar-refractivity contribution >= 4 is 15.9 Å². The van der Waals surface area contributed by atoms with Crippen LogP contribution in [0.2, 0.25) is 0 Å². The Kier molecular flexibility index (Phi) is 5.28. The third kappa shape index (κ3) is 4.01. The molecular weight excluding hydrogens is 318 g/mol. The first-order chi connectivity index (χ1) is 10.8. The molecule has 1 unspecified atom stereocenters. The quantitative estimate of drug-likeness (QED) is 0.748. The van der Waals surface area contributed by atoms with E-state index in [0.29, 0.717) is 12.5 Å². The van der Waals surface area contributed by atoms with Crippen LogP contribution in [-0.2, 0) is 10.0 Å². The number of sulfonamides is 1. The maximum atomic E-state index is 12.3. The Balaban J connectivity index is 2.21. The second-order valence-electron chi connectivity index (χ2n) is 5.86. The molecule has 128 valence electrons. The standard InChI is InChI=1S/C15H23N3O4S/c1-18(2)23(20,21)14-8-11(6-7-13(14)22-3)15(19)17-9-12(16)10-4-5-10/h6-8,10,12H,4-5,9,16H2,1-3H3,(H,17,19). The first-order valence-corrected chi connectivity index (χ1v) is 8.85. The number of ether oxygens (including phenoxy) is 1. The third-order valence-corrected chi connectivity index (χ3v) is 5.75. The summed E-state index contributed by atoms with van der Waals surface area (Å²) in [7, 11) is 0.534. The molecule has 0 aromatic heterocycles. The molecule has 3 N–H and O–H groups in total. The van der Waals surface area contributed by atoms with Gasteiger partial charge in [0, 0.05) is 32.2 Å². The van der Waals surface area contributed by atoms with Crippen LogP contribution < -0.4 is 15.8 Å². The van der Waals surface area contributed by atoms with Crippen LogP contribution in [-0.4, -0.2) is 52.4 Å². The number of hydrogen-bond donors (Lipinski definition) is 2. The van der Waals surface area contributed by atoms with Gasteiger partial charge >= 0.3 is 0 Å². The molecule has 1 aromatic carbocycles. The number of nitrogens with two attached hydrogens (primary N) is 1. The smallest absolute Gasteiger partial charge is 0.251 e. The average Bonchev–Trinajstić information content (AvgIpc) is 3.36. The Hall–Kier alpha value is -1.64. The van der Waals surface area contributed by atoms with Crippen molar-refractivity contribution in [3.05, 3.63) is 23.8 Å². The fourth-order valence-electron chi connectivity index (χ4n) is 2.22. The number of amides is 1. The van der Waals surface area contributed by atoms with E-state index in [4.69, 9.17) is 10.5 Å². The lowest BCUT2D eigenvalue weighted by molar-refractivity contribution is 0.0950. The molecular formula is C15H23N3O4S. The van der Waals surface area contributed by atoms with Crippen molar-refractivity contribution in [2.24, 2.45) is 11.7 Å². The van der Waals surface area contributed by atoms with Gasteiger partial charge in [-0.2, -0.15) is 0 Å². The van der Waals surface area contributed by atoms with Gasteiger partial charge in [-0.25, -0.2) is 12.7 Å². The van der Waals surface area contributed by atoms with Crippen molar-refractivity contribution in [1.82, 2.24) is 9.62 Å². The molecule has 2 rings (SSSR count). The third-order valence-electron chi connectivity index (χ3n) is 3.91. The van der Waals surface area contributed by atoms with Gasteiger partial charge < -0.3 is 15.8 Å². The van der Waals surface area contributed by atoms with Crippen LogP contribution in [0.1, 0.15) is 23.2 Å². The lowest BCUT2D eigenvalue weighted by atomic mass is 10.1. The van der Waals surface area contributed by atoms with E-state index in [9.17, 15) is 13.2 Å². The largest absolute Gasteiger partial charge is 0.495 e. The molecule has 0 saturated heterocycles. The van der Waals surface area contributed by atoms with Crippen LogP contribution in [0.4, 0.5) is 0 Å². The van der Waals surface area contributed by atoms with Gasteiger partial charge in [0.05, 0.1) is 7.11 Å². The van der Waals surface area contributed by atoms with E-state index in [1.165, 1.54) is 39.4 Å². The van der Waals surface area contributed by atoms with Gasteiger partial charge in [0.15, 0.2) is 0 Å². The van der Waals surface area contributed by atoms with E-state index < -0.39 is 10.0 Å². The predicted octanol–water partition coefficient (Wildman–Crippen LogP) is 0.413. The van der Waals surface area contributed by atoms with Crippen molar-refractivity contribution in [1.29, 1.82) is 0 Å². The highest BCUT2D eigenvalue weighted by Gasteiger charge is 2.29. The maximum absolute atomic E-state index is 12.3. The summed E-state index contributed by atoms with van der Waals surface area (Å²) in [4.78, 5) is 12.2. The lowest BCUT2D eigenvalue weighted by Crippen LogP contribution is -2.38. The summed E-state index contributed by atoms with van der Waals surface area (Å²) in [6.45, 7) is 0.380. The Bertz CT molecular complexity index is 684. The predicted molar refractivity (Wildman–Crippen MR) is 86.9 cm³/mol. The average molecular weight is 341 g/mol. The van der Waals surface area contributed by atoms with Crippen molar-refractivity contribution < 1.29 is 17.9 Å². The van der Waals surface area contributed by atoms with Gasteiger partial charge in [0.25, 0.3) is 5.91 Å². The molecule has 0 spiro atoms. The van der Waals surface area contributed by atoms with Crippen LogP contribution >= 0.6 is 0 Å². The van der Waals surface area contributed by atoms with Crippen molar-refractivity contribution in [3.8, 4) is 5.75 Å². The summed E-state index contributed by atoms with van der Waals surface area (Å²) in [5.74, 6) is 0.333. The number of benzene rings is 1. The molecule has 1 aromatic rings. The molecule has 0 bridgehead atoms. The molecule has 1 aliphatic carbocycles. The number of carbonyl (C=O) groups is 1. The Morgan fingerprint density at radius 3 is 2.61 bits per heavy atom. The van der Waals surface area contributed by atoms with Gasteiger partial charge in [-0.15, -0.1) is 0 Å². The monoisotopic (exact) mass is 341 g/mol. The molecule has 0 aliphatic heterocycles. The minimum atomic E-state index is -3.71. The first-order valence-electron chi connectivity index (χ1n) is 7.41. The van der Waals surface area contributed by atoms with Crippen molar-refractivity contribution in [2.45, 2.75) is 23.8 Å². The number of nitrogens with one attached hydrogen (secondary N) is 1. The number of nitrogens with zero attached hydrogens (tertiary/aromatic N) is 1. The van der Waals surface area contributed by atoms with Gasteiger partial charge in [-0.3, -0.25) is 4.79 Å². The first kappa shape index (κ1) is 17.7. The summed E-state index contributed by atoms with van der Waals surface area (Å²) in [5, 5.41) is 2.75.